The number of carbonyl (C=O) groups is 5. The Morgan fingerprint density at radius 1 is 0.328 bits per heavy atom. The Balaban J connectivity index is 0.000000142. The van der Waals surface area contributed by atoms with Crippen LogP contribution in [0.2, 0.25) is 0 Å². The SMILES string of the molecule is COc1ccc(C(=O)NCCC(c2ccccc2)c2ccccc2)cn1.Nc1ccc(C(=O)NCCC(c2ccccc2)c2ccccc2)cn1.O=C(NCCC(c1ccccc1)c1ccccc1)c1ccc(-n2ccnc2)nc1.O=C(NCCC(c1ccccc1)c1ccccc1)c1ccc(-n2cncn2)nc1.O=C(NCCC(c1ccccc1)c1ccccc1)c1ccc[nH]c1=O. The Bertz CT molecular complexity index is 6010. The summed E-state index contributed by atoms with van der Waals surface area (Å²) in [7, 11) is 1.55. The van der Waals surface area contributed by atoms with Gasteiger partial charge in [-0.1, -0.05) is 303 Å². The molecule has 0 fully saturated rings. The quantitative estimate of drug-likeness (QED) is 0.0201. The number of nitrogen functional groups attached to an aromatic ring is 1. The zero-order valence-corrected chi connectivity index (χ0v) is 74.3. The third-order valence-electron chi connectivity index (χ3n) is 22.4. The summed E-state index contributed by atoms with van der Waals surface area (Å²) in [5.41, 5.74) is 19.8. The van der Waals surface area contributed by atoms with Crippen LogP contribution in [0.5, 0.6) is 5.88 Å². The van der Waals surface area contributed by atoms with Gasteiger partial charge >= 0.3 is 0 Å². The Morgan fingerprint density at radius 2 is 0.627 bits per heavy atom. The normalized spacial score (nSPS) is 10.7. The molecule has 0 aliphatic carbocycles. The van der Waals surface area contributed by atoms with Gasteiger partial charge in [0.15, 0.2) is 5.82 Å². The fourth-order valence-electron chi connectivity index (χ4n) is 15.5. The highest BCUT2D eigenvalue weighted by Crippen LogP contribution is 2.33. The van der Waals surface area contributed by atoms with Crippen molar-refractivity contribution in [3.63, 3.8) is 0 Å². The first-order valence-electron chi connectivity index (χ1n) is 44.4. The molecule has 134 heavy (non-hydrogen) atoms. The standard InChI is InChI=1S/C24H22N4O.C23H21N5O.C22H22N2O2.C21H21N3O.C21H20N2O2/c29-24(21-11-12-23(27-17-21)28-16-15-25-18-28)26-14-13-22(19-7-3-1-4-8-19)20-9-5-2-6-10-20;29-23(20-11-12-22(26-15-20)28-17-24-16-27-28)25-14-13-21(18-7-3-1-4-8-18)19-9-5-2-6-10-19;1-26-21-13-12-19(16-24-21)22(25)23-15-14-20(17-8-4-2-5-9-17)18-10-6-3-7-11-18;22-20-12-11-18(15-24-20)21(25)23-14-13-19(16-7-3-1-4-8-16)17-9-5-2-6-10-17;24-20-19(12-7-14-22-20)21(25)23-15-13-18(16-8-3-1-4-9-16)17-10-5-2-6-11-17/h1-12,15-18,22H,13-14H2,(H,26,29);1-12,15-17,21H,13-14H2,(H,25,29);2-13,16,20H,14-15H2,1H3,(H,23,25);1-12,15,19H,13-14H2,(H2,22,24)(H,23,25);1-12,14,18H,13,15H2,(H,22,24)(H,23,25). The minimum atomic E-state index is -0.373. The smallest absolute Gasteiger partial charge is 0.260 e. The number of nitrogens with one attached hydrogen (secondary N) is 6. The van der Waals surface area contributed by atoms with Crippen molar-refractivity contribution < 1.29 is 28.7 Å². The Morgan fingerprint density at radius 3 is 0.881 bits per heavy atom. The van der Waals surface area contributed by atoms with Crippen LogP contribution >= 0.6 is 0 Å². The van der Waals surface area contributed by atoms with E-state index in [-0.39, 0.29) is 70.2 Å². The molecule has 0 radical (unpaired) electrons. The van der Waals surface area contributed by atoms with Crippen LogP contribution in [0.25, 0.3) is 11.6 Å². The fourth-order valence-corrected chi connectivity index (χ4v) is 15.5. The van der Waals surface area contributed by atoms with Gasteiger partial charge in [-0.3, -0.25) is 33.3 Å². The van der Waals surface area contributed by atoms with E-state index in [1.807, 2.05) is 170 Å². The van der Waals surface area contributed by atoms with Crippen LogP contribution in [-0.4, -0.2) is 119 Å². The van der Waals surface area contributed by atoms with Gasteiger partial charge in [-0.25, -0.2) is 34.6 Å². The van der Waals surface area contributed by atoms with E-state index in [1.54, 1.807) is 96.1 Å². The van der Waals surface area contributed by atoms with E-state index in [9.17, 15) is 28.8 Å². The second-order valence-electron chi connectivity index (χ2n) is 31.2. The Hall–Kier alpha value is -17.0. The fraction of sp³-hybridized carbons (Fsp3) is 0.144. The number of anilines is 1. The zero-order chi connectivity index (χ0) is 92.9. The molecule has 23 nitrogen and oxygen atoms in total. The first-order valence-corrected chi connectivity index (χ1v) is 44.4. The number of benzene rings is 10. The van der Waals surface area contributed by atoms with Gasteiger partial charge in [0.1, 0.15) is 36.2 Å². The highest BCUT2D eigenvalue weighted by Gasteiger charge is 2.22. The summed E-state index contributed by atoms with van der Waals surface area (Å²) in [6, 6.07) is 120. The molecule has 0 bridgehead atoms. The molecule has 10 aromatic carbocycles. The number of imidazole rings is 1. The first-order chi connectivity index (χ1) is 65.9. The summed E-state index contributed by atoms with van der Waals surface area (Å²) in [6.07, 6.45) is 19.9. The number of hydrogen-bond donors (Lipinski definition) is 7. The van der Waals surface area contributed by atoms with Crippen LogP contribution in [0.4, 0.5) is 5.82 Å². The maximum Gasteiger partial charge on any atom is 0.260 e. The van der Waals surface area contributed by atoms with Gasteiger partial charge in [0.2, 0.25) is 5.88 Å². The number of aromatic nitrogens is 10. The first kappa shape index (κ1) is 94.7. The summed E-state index contributed by atoms with van der Waals surface area (Å²) in [4.78, 5) is 101. The van der Waals surface area contributed by atoms with E-state index in [0.717, 1.165) is 37.9 Å². The van der Waals surface area contributed by atoms with E-state index in [4.69, 9.17) is 10.5 Å². The van der Waals surface area contributed by atoms with Crippen LogP contribution in [0.1, 0.15) is 169 Å². The predicted octanol–water partition coefficient (Wildman–Crippen LogP) is 18.8. The number of rotatable bonds is 33. The molecule has 0 aliphatic heterocycles. The molecule has 17 aromatic rings. The van der Waals surface area contributed by atoms with Crippen molar-refractivity contribution in [2.45, 2.75) is 61.7 Å². The number of pyridine rings is 5. The molecule has 0 aliphatic rings. The average molecular weight is 1780 g/mol. The number of ether oxygens (including phenoxy) is 1. The molecule has 8 N–H and O–H groups in total. The molecule has 0 saturated heterocycles. The summed E-state index contributed by atoms with van der Waals surface area (Å²) >= 11 is 0. The van der Waals surface area contributed by atoms with E-state index < -0.39 is 0 Å². The van der Waals surface area contributed by atoms with Gasteiger partial charge in [-0.05, 0) is 142 Å². The molecular weight excluding hydrogens is 1670 g/mol. The highest BCUT2D eigenvalue weighted by molar-refractivity contribution is 5.96. The lowest BCUT2D eigenvalue weighted by Crippen LogP contribution is -2.30. The minimum absolute atomic E-state index is 0.116. The summed E-state index contributed by atoms with van der Waals surface area (Å²) in [6.45, 7) is 2.80. The van der Waals surface area contributed by atoms with Crippen LogP contribution in [0.3, 0.4) is 0 Å². The van der Waals surface area contributed by atoms with E-state index in [2.05, 4.69) is 212 Å². The van der Waals surface area contributed by atoms with Gasteiger partial charge in [-0.15, -0.1) is 0 Å². The molecular formula is C111H106N16O7. The molecule has 0 unspecified atom stereocenters. The lowest BCUT2D eigenvalue weighted by atomic mass is 9.88. The molecule has 0 spiro atoms. The largest absolute Gasteiger partial charge is 0.481 e. The monoisotopic (exact) mass is 1770 g/mol. The lowest BCUT2D eigenvalue weighted by Gasteiger charge is -2.18. The van der Waals surface area contributed by atoms with Gasteiger partial charge < -0.3 is 42.0 Å². The molecule has 7 heterocycles. The summed E-state index contributed by atoms with van der Waals surface area (Å²) < 4.78 is 8.36. The third kappa shape index (κ3) is 28.8. The molecule has 5 amide bonds. The van der Waals surface area contributed by atoms with Gasteiger partial charge in [0, 0.05) is 112 Å². The van der Waals surface area contributed by atoms with E-state index in [0.29, 0.717) is 72.5 Å². The van der Waals surface area contributed by atoms with Crippen LogP contribution in [0, 0.1) is 0 Å². The average Bonchev–Trinajstić information content (AvgIpc) is 1.33. The minimum Gasteiger partial charge on any atom is -0.481 e. The van der Waals surface area contributed by atoms with Gasteiger partial charge in [-0.2, -0.15) is 5.10 Å². The number of nitrogens with zero attached hydrogens (tertiary/aromatic N) is 9. The number of hydrogen-bond acceptors (Lipinski definition) is 15. The van der Waals surface area contributed by atoms with Crippen molar-refractivity contribution in [2.75, 3.05) is 45.6 Å². The van der Waals surface area contributed by atoms with E-state index >= 15 is 0 Å². The van der Waals surface area contributed by atoms with Crippen LogP contribution < -0.4 is 42.6 Å². The third-order valence-corrected chi connectivity index (χ3v) is 22.4. The van der Waals surface area contributed by atoms with Gasteiger partial charge in [0.25, 0.3) is 35.1 Å². The number of H-pyrrole nitrogens is 1. The van der Waals surface area contributed by atoms with Crippen molar-refractivity contribution >= 4 is 35.4 Å². The molecule has 0 atom stereocenters. The number of amides is 5. The number of aromatic amines is 1. The molecule has 17 rings (SSSR count). The number of methoxy groups -OCH3 is 1. The second kappa shape index (κ2) is 51.3. The summed E-state index contributed by atoms with van der Waals surface area (Å²) in [5, 5.41) is 18.9. The molecule has 672 valence electrons. The maximum absolute atomic E-state index is 12.5. The topological polar surface area (TPSA) is 314 Å². The van der Waals surface area contributed by atoms with Crippen molar-refractivity contribution in [1.82, 2.24) is 75.8 Å². The second-order valence-corrected chi connectivity index (χ2v) is 31.2. The van der Waals surface area contributed by atoms with Crippen LogP contribution in [0.15, 0.2) is 431 Å². The highest BCUT2D eigenvalue weighted by atomic mass is 16.5. The van der Waals surface area contributed by atoms with Crippen molar-refractivity contribution in [2.24, 2.45) is 0 Å². The van der Waals surface area contributed by atoms with Gasteiger partial charge in [0.05, 0.1) is 29.4 Å². The lowest BCUT2D eigenvalue weighted by molar-refractivity contribution is 0.0943. The molecule has 23 heteroatoms. The predicted molar refractivity (Wildman–Crippen MR) is 525 cm³/mol. The van der Waals surface area contributed by atoms with Crippen molar-refractivity contribution in [3.05, 3.63) is 520 Å². The number of nitrogens with two attached hydrogens (primary N) is 1. The Kier molecular flexibility index (Phi) is 36.2. The molecule has 0 saturated carbocycles. The van der Waals surface area contributed by atoms with Crippen molar-refractivity contribution in [1.29, 1.82) is 0 Å². The molecule has 7 aromatic heterocycles. The summed E-state index contributed by atoms with van der Waals surface area (Å²) in [5.74, 6) is 2.53. The Labute approximate surface area is 780 Å². The maximum atomic E-state index is 12.5. The van der Waals surface area contributed by atoms with Crippen LogP contribution in [-0.2, 0) is 0 Å². The number of carbonyl (C=O) groups excluding carboxylic acids is 5. The van der Waals surface area contributed by atoms with Crippen molar-refractivity contribution in [3.8, 4) is 17.5 Å². The zero-order valence-electron chi connectivity index (χ0n) is 74.3. The van der Waals surface area contributed by atoms with E-state index in [1.165, 1.54) is 86.6 Å².